The Kier molecular flexibility index (Phi) is 5.35. The van der Waals surface area contributed by atoms with Crippen molar-refractivity contribution in [1.29, 1.82) is 0 Å². The molecule has 1 unspecified atom stereocenters. The van der Waals surface area contributed by atoms with Crippen molar-refractivity contribution in [3.05, 3.63) is 0 Å². The first-order valence-electron chi connectivity index (χ1n) is 6.92. The molecule has 0 aromatic heterocycles. The van der Waals surface area contributed by atoms with Crippen LogP contribution in [0.3, 0.4) is 0 Å². The minimum Gasteiger partial charge on any atom is -0.455 e. The van der Waals surface area contributed by atoms with Crippen LogP contribution in [-0.2, 0) is 23.8 Å². The summed E-state index contributed by atoms with van der Waals surface area (Å²) in [6.45, 7) is 8.78. The molecule has 5 heteroatoms. The summed E-state index contributed by atoms with van der Waals surface area (Å²) >= 11 is 0. The maximum absolute atomic E-state index is 11.3. The van der Waals surface area contributed by atoms with Gasteiger partial charge in [0, 0.05) is 19.8 Å². The fourth-order valence-electron chi connectivity index (χ4n) is 3.00. The van der Waals surface area contributed by atoms with Crippen LogP contribution in [0, 0.1) is 5.92 Å². The molecule has 0 N–H and O–H groups in total. The molecule has 1 heterocycles. The van der Waals surface area contributed by atoms with E-state index in [1.807, 2.05) is 20.8 Å². The van der Waals surface area contributed by atoms with Crippen LogP contribution < -0.4 is 0 Å². The van der Waals surface area contributed by atoms with E-state index in [2.05, 4.69) is 0 Å². The molecule has 0 aromatic rings. The van der Waals surface area contributed by atoms with Gasteiger partial charge in [-0.05, 0) is 19.3 Å². The van der Waals surface area contributed by atoms with Gasteiger partial charge in [0.2, 0.25) is 6.29 Å². The minimum atomic E-state index is -0.800. The molecule has 0 bridgehead atoms. The van der Waals surface area contributed by atoms with E-state index in [-0.39, 0.29) is 11.9 Å². The van der Waals surface area contributed by atoms with Crippen molar-refractivity contribution in [3.63, 3.8) is 0 Å². The molecule has 19 heavy (non-hydrogen) atoms. The van der Waals surface area contributed by atoms with E-state index in [1.165, 1.54) is 13.8 Å². The molecule has 1 fully saturated rings. The molecule has 1 aliphatic rings. The number of rotatable bonds is 5. The molecule has 1 saturated heterocycles. The zero-order valence-corrected chi connectivity index (χ0v) is 12.4. The summed E-state index contributed by atoms with van der Waals surface area (Å²) in [4.78, 5) is 22.4. The Labute approximate surface area is 114 Å². The third kappa shape index (κ3) is 3.26. The molecular formula is C14H24O5. The first-order chi connectivity index (χ1) is 8.90. The molecule has 0 saturated carbocycles. The predicted molar refractivity (Wildman–Crippen MR) is 69.3 cm³/mol. The summed E-state index contributed by atoms with van der Waals surface area (Å²) in [7, 11) is 0. The zero-order valence-electron chi connectivity index (χ0n) is 12.4. The van der Waals surface area contributed by atoms with E-state index in [9.17, 15) is 9.59 Å². The number of esters is 2. The van der Waals surface area contributed by atoms with Crippen molar-refractivity contribution in [1.82, 2.24) is 0 Å². The van der Waals surface area contributed by atoms with E-state index in [4.69, 9.17) is 14.2 Å². The van der Waals surface area contributed by atoms with Gasteiger partial charge in [0.25, 0.3) is 0 Å². The van der Waals surface area contributed by atoms with E-state index in [0.717, 1.165) is 19.3 Å². The Morgan fingerprint density at radius 2 is 1.58 bits per heavy atom. The number of hydrogen-bond donors (Lipinski definition) is 0. The molecule has 1 aliphatic heterocycles. The van der Waals surface area contributed by atoms with Gasteiger partial charge in [-0.3, -0.25) is 9.59 Å². The van der Waals surface area contributed by atoms with E-state index in [1.54, 1.807) is 0 Å². The highest BCUT2D eigenvalue weighted by atomic mass is 16.7. The molecule has 110 valence electrons. The van der Waals surface area contributed by atoms with Gasteiger partial charge in [-0.25, -0.2) is 0 Å². The number of carbonyl (C=O) groups excluding carboxylic acids is 2. The van der Waals surface area contributed by atoms with Crippen molar-refractivity contribution in [2.24, 2.45) is 5.92 Å². The molecule has 0 aliphatic carbocycles. The van der Waals surface area contributed by atoms with Gasteiger partial charge in [0.1, 0.15) is 0 Å². The Morgan fingerprint density at radius 3 is 1.95 bits per heavy atom. The van der Waals surface area contributed by atoms with E-state index >= 15 is 0 Å². The van der Waals surface area contributed by atoms with E-state index in [0.29, 0.717) is 0 Å². The third-order valence-corrected chi connectivity index (χ3v) is 3.91. The lowest BCUT2D eigenvalue weighted by Gasteiger charge is -2.32. The summed E-state index contributed by atoms with van der Waals surface area (Å²) in [6, 6.07) is 0. The number of hydrogen-bond acceptors (Lipinski definition) is 5. The predicted octanol–water partition coefficient (Wildman–Crippen LogP) is 2.42. The average Bonchev–Trinajstić information content (AvgIpc) is 2.62. The van der Waals surface area contributed by atoms with Gasteiger partial charge in [0.05, 0.1) is 5.60 Å². The fourth-order valence-corrected chi connectivity index (χ4v) is 3.00. The lowest BCUT2D eigenvalue weighted by Crippen LogP contribution is -2.38. The normalized spacial score (nSPS) is 29.0. The largest absolute Gasteiger partial charge is 0.455 e. The van der Waals surface area contributed by atoms with Crippen molar-refractivity contribution in [2.45, 2.75) is 71.9 Å². The fraction of sp³-hybridized carbons (Fsp3) is 0.857. The Balaban J connectivity index is 3.03. The van der Waals surface area contributed by atoms with Crippen LogP contribution in [0.5, 0.6) is 0 Å². The van der Waals surface area contributed by atoms with Crippen molar-refractivity contribution in [3.8, 4) is 0 Å². The van der Waals surface area contributed by atoms with Gasteiger partial charge in [-0.2, -0.15) is 0 Å². The highest BCUT2D eigenvalue weighted by Gasteiger charge is 2.55. The smallest absolute Gasteiger partial charge is 0.305 e. The highest BCUT2D eigenvalue weighted by molar-refractivity contribution is 5.67. The lowest BCUT2D eigenvalue weighted by molar-refractivity contribution is -0.205. The molecule has 3 atom stereocenters. The van der Waals surface area contributed by atoms with Crippen molar-refractivity contribution >= 4 is 11.9 Å². The zero-order chi connectivity index (χ0) is 14.6. The molecule has 0 spiro atoms. The minimum absolute atomic E-state index is 0.0377. The van der Waals surface area contributed by atoms with Crippen molar-refractivity contribution < 1.29 is 23.8 Å². The van der Waals surface area contributed by atoms with Gasteiger partial charge in [-0.1, -0.05) is 20.8 Å². The van der Waals surface area contributed by atoms with Gasteiger partial charge in [0.15, 0.2) is 6.10 Å². The van der Waals surface area contributed by atoms with Crippen LogP contribution >= 0.6 is 0 Å². The second-order valence-electron chi connectivity index (χ2n) is 4.96. The Morgan fingerprint density at radius 1 is 1.05 bits per heavy atom. The third-order valence-electron chi connectivity index (χ3n) is 3.91. The van der Waals surface area contributed by atoms with Crippen LogP contribution in [-0.4, -0.2) is 29.9 Å². The summed E-state index contributed by atoms with van der Waals surface area (Å²) in [5.41, 5.74) is -0.394. The van der Waals surface area contributed by atoms with E-state index < -0.39 is 24.0 Å². The lowest BCUT2D eigenvalue weighted by atomic mass is 9.80. The van der Waals surface area contributed by atoms with Crippen LogP contribution in [0.25, 0.3) is 0 Å². The van der Waals surface area contributed by atoms with Crippen LogP contribution in [0.2, 0.25) is 0 Å². The Hall–Kier alpha value is -1.10. The summed E-state index contributed by atoms with van der Waals surface area (Å²) in [5.74, 6) is -0.775. The van der Waals surface area contributed by atoms with Crippen LogP contribution in [0.15, 0.2) is 0 Å². The molecule has 0 amide bonds. The van der Waals surface area contributed by atoms with Gasteiger partial charge < -0.3 is 14.2 Å². The van der Waals surface area contributed by atoms with Crippen LogP contribution in [0.4, 0.5) is 0 Å². The van der Waals surface area contributed by atoms with Crippen molar-refractivity contribution in [2.75, 3.05) is 0 Å². The van der Waals surface area contributed by atoms with Gasteiger partial charge >= 0.3 is 11.9 Å². The van der Waals surface area contributed by atoms with Crippen LogP contribution in [0.1, 0.15) is 53.9 Å². The molecule has 5 nitrogen and oxygen atoms in total. The molecular weight excluding hydrogens is 248 g/mol. The highest BCUT2D eigenvalue weighted by Crippen LogP contribution is 2.44. The quantitative estimate of drug-likeness (QED) is 0.719. The maximum Gasteiger partial charge on any atom is 0.305 e. The molecule has 1 rings (SSSR count). The second-order valence-corrected chi connectivity index (χ2v) is 4.96. The topological polar surface area (TPSA) is 61.8 Å². The summed E-state index contributed by atoms with van der Waals surface area (Å²) < 4.78 is 16.5. The molecule has 0 radical (unpaired) electrons. The molecule has 0 aromatic carbocycles. The summed E-state index contributed by atoms with van der Waals surface area (Å²) in [5, 5.41) is 0. The maximum atomic E-state index is 11.3. The SMILES string of the molecule is CC[C@H]1[C@@H](OC(C)=O)C(OC(C)=O)OC1(CC)CC. The second kappa shape index (κ2) is 6.37. The van der Waals surface area contributed by atoms with Gasteiger partial charge in [-0.15, -0.1) is 0 Å². The average molecular weight is 272 g/mol. The Bertz CT molecular complexity index is 335. The first kappa shape index (κ1) is 16.0. The first-order valence-corrected chi connectivity index (χ1v) is 6.92. The standard InChI is InChI=1S/C14H24O5/c1-6-11-12(17-9(4)15)13(18-10(5)16)19-14(11,7-2)8-3/h11-13H,6-8H2,1-5H3/t11-,12+,13?/m0/s1. The summed E-state index contributed by atoms with van der Waals surface area (Å²) in [6.07, 6.45) is 1.06. The number of carbonyl (C=O) groups is 2. The monoisotopic (exact) mass is 272 g/mol. The number of ether oxygens (including phenoxy) is 3.